The van der Waals surface area contributed by atoms with E-state index in [1.165, 1.54) is 12.8 Å². The van der Waals surface area contributed by atoms with Gasteiger partial charge in [0.25, 0.3) is 0 Å². The predicted octanol–water partition coefficient (Wildman–Crippen LogP) is 1.23. The molecule has 0 saturated carbocycles. The highest BCUT2D eigenvalue weighted by molar-refractivity contribution is 5.73. The molecule has 0 bridgehead atoms. The minimum absolute atomic E-state index is 0.0932. The zero-order valence-electron chi connectivity index (χ0n) is 13.4. The van der Waals surface area contributed by atoms with Gasteiger partial charge in [-0.25, -0.2) is 4.79 Å². The lowest BCUT2D eigenvalue weighted by molar-refractivity contribution is -0.0457. The number of nitrogens with zero attached hydrogens (tertiary/aromatic N) is 1. The van der Waals surface area contributed by atoms with Crippen LogP contribution in [0.5, 0.6) is 5.75 Å². The van der Waals surface area contributed by atoms with Crippen LogP contribution in [0.4, 0.5) is 4.79 Å². The third kappa shape index (κ3) is 4.84. The number of urea groups is 1. The number of fused-ring (bicyclic) bond motifs is 1. The molecule has 2 heterocycles. The van der Waals surface area contributed by atoms with Crippen molar-refractivity contribution in [3.05, 3.63) is 30.3 Å². The smallest absolute Gasteiger partial charge is 0.315 e. The Hall–Kier alpha value is -1.79. The SMILES string of the molecule is O=C(NCCOc1ccccc1)NCC1CN2CCCC2CO1. The minimum Gasteiger partial charge on any atom is -0.492 e. The standard InChI is InChI=1S/C17H25N3O3/c21-17(18-8-10-22-15-6-2-1-3-7-15)19-11-16-12-20-9-4-5-14(20)13-23-16/h1-3,6-7,14,16H,4-5,8-13H2,(H2,18,19,21). The zero-order valence-corrected chi connectivity index (χ0v) is 13.4. The lowest BCUT2D eigenvalue weighted by atomic mass is 10.2. The van der Waals surface area contributed by atoms with Crippen LogP contribution in [0.1, 0.15) is 12.8 Å². The van der Waals surface area contributed by atoms with Crippen molar-refractivity contribution in [1.82, 2.24) is 15.5 Å². The molecule has 2 aliphatic heterocycles. The maximum Gasteiger partial charge on any atom is 0.315 e. The number of amides is 2. The second-order valence-electron chi connectivity index (χ2n) is 6.04. The fourth-order valence-electron chi connectivity index (χ4n) is 3.13. The minimum atomic E-state index is -0.172. The molecule has 2 amide bonds. The van der Waals surface area contributed by atoms with E-state index >= 15 is 0 Å². The number of hydrogen-bond donors (Lipinski definition) is 2. The van der Waals surface area contributed by atoms with Crippen LogP contribution >= 0.6 is 0 Å². The molecular weight excluding hydrogens is 294 g/mol. The summed E-state index contributed by atoms with van der Waals surface area (Å²) in [7, 11) is 0. The van der Waals surface area contributed by atoms with Gasteiger partial charge in [-0.3, -0.25) is 4.90 Å². The van der Waals surface area contributed by atoms with Crippen molar-refractivity contribution < 1.29 is 14.3 Å². The second kappa shape index (κ2) is 8.17. The first-order valence-electron chi connectivity index (χ1n) is 8.36. The van der Waals surface area contributed by atoms with Crippen LogP contribution in [0.3, 0.4) is 0 Å². The van der Waals surface area contributed by atoms with Crippen LogP contribution in [0, 0.1) is 0 Å². The number of ether oxygens (including phenoxy) is 2. The number of benzene rings is 1. The van der Waals surface area contributed by atoms with Crippen LogP contribution < -0.4 is 15.4 Å². The van der Waals surface area contributed by atoms with Crippen LogP contribution in [-0.4, -0.2) is 62.5 Å². The molecule has 0 radical (unpaired) electrons. The van der Waals surface area contributed by atoms with Crippen molar-refractivity contribution in [1.29, 1.82) is 0 Å². The number of nitrogens with one attached hydrogen (secondary N) is 2. The van der Waals surface area contributed by atoms with Gasteiger partial charge in [0.05, 0.1) is 19.3 Å². The highest BCUT2D eigenvalue weighted by Gasteiger charge is 2.32. The zero-order chi connectivity index (χ0) is 15.9. The summed E-state index contributed by atoms with van der Waals surface area (Å²) in [6.45, 7) is 4.34. The molecule has 126 valence electrons. The van der Waals surface area contributed by atoms with Crippen molar-refractivity contribution in [2.45, 2.75) is 25.0 Å². The van der Waals surface area contributed by atoms with Gasteiger partial charge in [-0.1, -0.05) is 18.2 Å². The molecule has 23 heavy (non-hydrogen) atoms. The van der Waals surface area contributed by atoms with E-state index in [0.29, 0.717) is 25.7 Å². The Kier molecular flexibility index (Phi) is 5.71. The number of para-hydroxylation sites is 1. The molecule has 1 aromatic carbocycles. The van der Waals surface area contributed by atoms with Crippen LogP contribution in [-0.2, 0) is 4.74 Å². The number of rotatable bonds is 6. The summed E-state index contributed by atoms with van der Waals surface area (Å²) in [6.07, 6.45) is 2.59. The Morgan fingerprint density at radius 1 is 1.30 bits per heavy atom. The quantitative estimate of drug-likeness (QED) is 0.774. The number of carbonyl (C=O) groups is 1. The van der Waals surface area contributed by atoms with Gasteiger partial charge in [-0.05, 0) is 31.5 Å². The van der Waals surface area contributed by atoms with E-state index in [1.54, 1.807) is 0 Å². The van der Waals surface area contributed by atoms with Crippen molar-refractivity contribution in [2.24, 2.45) is 0 Å². The lowest BCUT2D eigenvalue weighted by Gasteiger charge is -2.35. The van der Waals surface area contributed by atoms with Crippen LogP contribution in [0.25, 0.3) is 0 Å². The van der Waals surface area contributed by atoms with Crippen molar-refractivity contribution in [3.8, 4) is 5.75 Å². The summed E-state index contributed by atoms with van der Waals surface area (Å²) in [5.41, 5.74) is 0. The van der Waals surface area contributed by atoms with E-state index in [-0.39, 0.29) is 12.1 Å². The molecule has 6 nitrogen and oxygen atoms in total. The number of carbonyl (C=O) groups excluding carboxylic acids is 1. The number of morpholine rings is 1. The Balaban J connectivity index is 1.26. The highest BCUT2D eigenvalue weighted by atomic mass is 16.5. The van der Waals surface area contributed by atoms with Gasteiger partial charge in [0.2, 0.25) is 0 Å². The molecule has 1 aromatic rings. The van der Waals surface area contributed by atoms with E-state index < -0.39 is 0 Å². The lowest BCUT2D eigenvalue weighted by Crippen LogP contribution is -2.51. The summed E-state index contributed by atoms with van der Waals surface area (Å²) in [5, 5.41) is 5.67. The summed E-state index contributed by atoms with van der Waals surface area (Å²) in [6, 6.07) is 9.99. The van der Waals surface area contributed by atoms with Gasteiger partial charge in [0.1, 0.15) is 12.4 Å². The Bertz CT molecular complexity index is 497. The molecule has 2 aliphatic rings. The molecule has 2 saturated heterocycles. The Morgan fingerprint density at radius 2 is 2.17 bits per heavy atom. The van der Waals surface area contributed by atoms with Gasteiger partial charge in [0, 0.05) is 19.1 Å². The van der Waals surface area contributed by atoms with E-state index in [0.717, 1.165) is 25.4 Å². The molecule has 2 atom stereocenters. The van der Waals surface area contributed by atoms with E-state index in [4.69, 9.17) is 9.47 Å². The van der Waals surface area contributed by atoms with E-state index in [2.05, 4.69) is 15.5 Å². The fraction of sp³-hybridized carbons (Fsp3) is 0.588. The molecule has 0 spiro atoms. The Labute approximate surface area is 137 Å². The first-order valence-corrected chi connectivity index (χ1v) is 8.36. The third-order valence-electron chi connectivity index (χ3n) is 4.35. The van der Waals surface area contributed by atoms with Gasteiger partial charge in [-0.2, -0.15) is 0 Å². The average molecular weight is 319 g/mol. The fourth-order valence-corrected chi connectivity index (χ4v) is 3.13. The normalized spacial score (nSPS) is 24.0. The van der Waals surface area contributed by atoms with Crippen molar-refractivity contribution in [2.75, 3.05) is 39.4 Å². The van der Waals surface area contributed by atoms with Gasteiger partial charge < -0.3 is 20.1 Å². The van der Waals surface area contributed by atoms with Crippen molar-refractivity contribution >= 4 is 6.03 Å². The van der Waals surface area contributed by atoms with E-state index in [1.807, 2.05) is 30.3 Å². The molecule has 2 N–H and O–H groups in total. The molecule has 0 aliphatic carbocycles. The topological polar surface area (TPSA) is 62.8 Å². The molecule has 2 fully saturated rings. The van der Waals surface area contributed by atoms with Crippen LogP contribution in [0.15, 0.2) is 30.3 Å². The number of hydrogen-bond acceptors (Lipinski definition) is 4. The third-order valence-corrected chi connectivity index (χ3v) is 4.35. The van der Waals surface area contributed by atoms with Gasteiger partial charge in [-0.15, -0.1) is 0 Å². The second-order valence-corrected chi connectivity index (χ2v) is 6.04. The molecule has 6 heteroatoms. The predicted molar refractivity (Wildman–Crippen MR) is 87.7 cm³/mol. The molecule has 0 aromatic heterocycles. The maximum atomic E-state index is 11.8. The van der Waals surface area contributed by atoms with Crippen LogP contribution in [0.2, 0.25) is 0 Å². The first kappa shape index (κ1) is 16.1. The first-order chi connectivity index (χ1) is 11.3. The largest absolute Gasteiger partial charge is 0.492 e. The average Bonchev–Trinajstić information content (AvgIpc) is 3.05. The van der Waals surface area contributed by atoms with E-state index in [9.17, 15) is 4.79 Å². The summed E-state index contributed by atoms with van der Waals surface area (Å²) in [4.78, 5) is 14.3. The highest BCUT2D eigenvalue weighted by Crippen LogP contribution is 2.22. The summed E-state index contributed by atoms with van der Waals surface area (Å²) >= 11 is 0. The summed E-state index contributed by atoms with van der Waals surface area (Å²) < 4.78 is 11.3. The molecular formula is C17H25N3O3. The Morgan fingerprint density at radius 3 is 3.04 bits per heavy atom. The monoisotopic (exact) mass is 319 g/mol. The molecule has 2 unspecified atom stereocenters. The van der Waals surface area contributed by atoms with Gasteiger partial charge >= 0.3 is 6.03 Å². The maximum absolute atomic E-state index is 11.8. The summed E-state index contributed by atoms with van der Waals surface area (Å²) in [5.74, 6) is 0.811. The van der Waals surface area contributed by atoms with Gasteiger partial charge in [0.15, 0.2) is 0 Å². The molecule has 3 rings (SSSR count). The van der Waals surface area contributed by atoms with Crippen molar-refractivity contribution in [3.63, 3.8) is 0 Å².